The van der Waals surface area contributed by atoms with Crippen molar-refractivity contribution < 1.29 is 18.0 Å². The highest BCUT2D eigenvalue weighted by molar-refractivity contribution is 9.10. The van der Waals surface area contributed by atoms with Gasteiger partial charge in [0.15, 0.2) is 6.04 Å². The highest BCUT2D eigenvalue weighted by Gasteiger charge is 2.47. The fourth-order valence-electron chi connectivity index (χ4n) is 4.54. The largest absolute Gasteiger partial charge is 0.414 e. The lowest BCUT2D eigenvalue weighted by molar-refractivity contribution is -0.191. The van der Waals surface area contributed by atoms with E-state index in [9.17, 15) is 18.0 Å². The maximum atomic E-state index is 13.9. The summed E-state index contributed by atoms with van der Waals surface area (Å²) in [4.78, 5) is 17.7. The van der Waals surface area contributed by atoms with Crippen molar-refractivity contribution in [2.75, 3.05) is 23.9 Å². The fraction of sp³-hybridized carbons (Fsp3) is 0.478. The minimum Gasteiger partial charge on any atom is -0.380 e. The van der Waals surface area contributed by atoms with Gasteiger partial charge in [-0.3, -0.25) is 9.78 Å². The average Bonchev–Trinajstić information content (AvgIpc) is 3.18. The van der Waals surface area contributed by atoms with Gasteiger partial charge in [-0.05, 0) is 66.5 Å². The highest BCUT2D eigenvalue weighted by atomic mass is 79.9. The third kappa shape index (κ3) is 5.09. The standard InChI is InChI=1S/C23H25BrF3N3OS/c1-30(22(31)14-7-9-32-10-8-14)21(23(25,26)27)20-6-5-16(13-28-20)29-17-11-15-3-2-4-19(24)18(15)12-17/h2-6,13-14,17,21,29H,7-12H2,1H3/t17?,21-/m0/s1. The van der Waals surface area contributed by atoms with Crippen LogP contribution in [-0.2, 0) is 17.6 Å². The van der Waals surface area contributed by atoms with Crippen molar-refractivity contribution >= 4 is 39.3 Å². The van der Waals surface area contributed by atoms with E-state index < -0.39 is 18.1 Å². The molecule has 1 aliphatic carbocycles. The summed E-state index contributed by atoms with van der Waals surface area (Å²) in [5, 5.41) is 3.38. The van der Waals surface area contributed by atoms with Gasteiger partial charge < -0.3 is 10.2 Å². The van der Waals surface area contributed by atoms with E-state index in [0.29, 0.717) is 18.5 Å². The van der Waals surface area contributed by atoms with Crippen LogP contribution in [0.15, 0.2) is 41.0 Å². The summed E-state index contributed by atoms with van der Waals surface area (Å²) in [6.45, 7) is 0. The monoisotopic (exact) mass is 527 g/mol. The Labute approximate surface area is 198 Å². The molecule has 1 fully saturated rings. The topological polar surface area (TPSA) is 45.2 Å². The molecular weight excluding hydrogens is 503 g/mol. The number of fused-ring (bicyclic) bond motifs is 1. The van der Waals surface area contributed by atoms with Crippen molar-refractivity contribution in [2.45, 2.75) is 43.9 Å². The van der Waals surface area contributed by atoms with E-state index in [4.69, 9.17) is 0 Å². The van der Waals surface area contributed by atoms with Crippen LogP contribution in [0.3, 0.4) is 0 Å². The van der Waals surface area contributed by atoms with E-state index in [1.807, 2.05) is 12.1 Å². The molecule has 4 nitrogen and oxygen atoms in total. The van der Waals surface area contributed by atoms with Gasteiger partial charge in [-0.15, -0.1) is 0 Å². The van der Waals surface area contributed by atoms with Crippen LogP contribution in [0.2, 0.25) is 0 Å². The van der Waals surface area contributed by atoms with Gasteiger partial charge in [-0.25, -0.2) is 0 Å². The Morgan fingerprint density at radius 3 is 2.59 bits per heavy atom. The number of pyridine rings is 1. The summed E-state index contributed by atoms with van der Waals surface area (Å²) in [6, 6.07) is 7.21. The van der Waals surface area contributed by atoms with Crippen molar-refractivity contribution in [3.05, 3.63) is 57.8 Å². The van der Waals surface area contributed by atoms with Crippen LogP contribution in [0.4, 0.5) is 18.9 Å². The van der Waals surface area contributed by atoms with Crippen molar-refractivity contribution in [3.63, 3.8) is 0 Å². The number of hydrogen-bond acceptors (Lipinski definition) is 4. The van der Waals surface area contributed by atoms with Gasteiger partial charge in [0.2, 0.25) is 5.91 Å². The Kier molecular flexibility index (Phi) is 7.05. The van der Waals surface area contributed by atoms with E-state index in [1.165, 1.54) is 30.4 Å². The van der Waals surface area contributed by atoms with Gasteiger partial charge in [0.05, 0.1) is 17.6 Å². The van der Waals surface area contributed by atoms with E-state index in [1.54, 1.807) is 17.8 Å². The third-order valence-electron chi connectivity index (χ3n) is 6.19. The number of alkyl halides is 3. The van der Waals surface area contributed by atoms with Gasteiger partial charge in [0, 0.05) is 23.5 Å². The molecule has 1 saturated heterocycles. The van der Waals surface area contributed by atoms with Crippen LogP contribution in [-0.4, -0.2) is 46.6 Å². The lowest BCUT2D eigenvalue weighted by atomic mass is 9.99. The molecular formula is C23H25BrF3N3OS. The summed E-state index contributed by atoms with van der Waals surface area (Å²) in [6.07, 6.45) is -0.251. The van der Waals surface area contributed by atoms with Crippen molar-refractivity contribution in [3.8, 4) is 0 Å². The average molecular weight is 528 g/mol. The molecule has 2 aromatic rings. The quantitative estimate of drug-likeness (QED) is 0.547. The minimum absolute atomic E-state index is 0.156. The maximum absolute atomic E-state index is 13.9. The first kappa shape index (κ1) is 23.4. The minimum atomic E-state index is -4.60. The molecule has 1 aromatic heterocycles. The molecule has 9 heteroatoms. The molecule has 0 bridgehead atoms. The van der Waals surface area contributed by atoms with E-state index in [0.717, 1.165) is 33.7 Å². The second kappa shape index (κ2) is 9.63. The lowest BCUT2D eigenvalue weighted by Gasteiger charge is -2.33. The van der Waals surface area contributed by atoms with Crippen LogP contribution >= 0.6 is 27.7 Å². The SMILES string of the molecule is CN(C(=O)C1CCSCC1)[C@@H](c1ccc(NC2Cc3cccc(Br)c3C2)cn1)C(F)(F)F. The number of rotatable bonds is 5. The molecule has 2 heterocycles. The second-order valence-electron chi connectivity index (χ2n) is 8.38. The maximum Gasteiger partial charge on any atom is 0.414 e. The zero-order chi connectivity index (χ0) is 22.9. The Bertz CT molecular complexity index is 964. The summed E-state index contributed by atoms with van der Waals surface area (Å²) in [5.74, 6) is 0.809. The molecule has 1 aromatic carbocycles. The molecule has 0 radical (unpaired) electrons. The first-order valence-corrected chi connectivity index (χ1v) is 12.6. The molecule has 1 amide bonds. The summed E-state index contributed by atoms with van der Waals surface area (Å²) < 4.78 is 42.9. The fourth-order valence-corrected chi connectivity index (χ4v) is 6.22. The predicted molar refractivity (Wildman–Crippen MR) is 125 cm³/mol. The number of benzene rings is 1. The predicted octanol–water partition coefficient (Wildman–Crippen LogP) is 5.63. The molecule has 1 aliphatic heterocycles. The van der Waals surface area contributed by atoms with Crippen LogP contribution < -0.4 is 5.32 Å². The third-order valence-corrected chi connectivity index (χ3v) is 7.98. The number of carbonyl (C=O) groups excluding carboxylic acids is 1. The van der Waals surface area contributed by atoms with Crippen molar-refractivity contribution in [1.29, 1.82) is 0 Å². The number of aromatic nitrogens is 1. The Morgan fingerprint density at radius 2 is 1.97 bits per heavy atom. The Hall–Kier alpha value is -1.74. The van der Waals surface area contributed by atoms with E-state index >= 15 is 0 Å². The number of nitrogens with zero attached hydrogens (tertiary/aromatic N) is 2. The first-order chi connectivity index (χ1) is 15.2. The van der Waals surface area contributed by atoms with Gasteiger partial charge in [-0.2, -0.15) is 24.9 Å². The molecule has 4 rings (SSSR count). The van der Waals surface area contributed by atoms with Crippen molar-refractivity contribution in [1.82, 2.24) is 9.88 Å². The Balaban J connectivity index is 1.47. The van der Waals surface area contributed by atoms with Crippen LogP contribution in [0.5, 0.6) is 0 Å². The van der Waals surface area contributed by atoms with Gasteiger partial charge in [0.1, 0.15) is 0 Å². The smallest absolute Gasteiger partial charge is 0.380 e. The van der Waals surface area contributed by atoms with Crippen molar-refractivity contribution in [2.24, 2.45) is 5.92 Å². The molecule has 32 heavy (non-hydrogen) atoms. The number of thioether (sulfide) groups is 1. The number of carbonyl (C=O) groups is 1. The van der Waals surface area contributed by atoms with Crippen LogP contribution in [0.25, 0.3) is 0 Å². The van der Waals surface area contributed by atoms with Gasteiger partial charge in [0.25, 0.3) is 0 Å². The molecule has 0 saturated carbocycles. The van der Waals surface area contributed by atoms with Crippen LogP contribution in [0.1, 0.15) is 35.7 Å². The zero-order valence-corrected chi connectivity index (χ0v) is 20.1. The number of nitrogens with one attached hydrogen (secondary N) is 1. The molecule has 2 aliphatic rings. The molecule has 2 atom stereocenters. The molecule has 172 valence electrons. The second-order valence-corrected chi connectivity index (χ2v) is 10.5. The number of anilines is 1. The van der Waals surface area contributed by atoms with Crippen LogP contribution in [0, 0.1) is 5.92 Å². The highest BCUT2D eigenvalue weighted by Crippen LogP contribution is 2.38. The van der Waals surface area contributed by atoms with E-state index in [2.05, 4.69) is 32.3 Å². The number of amides is 1. The normalized spacial score (nSPS) is 20.0. The lowest BCUT2D eigenvalue weighted by Crippen LogP contribution is -2.43. The first-order valence-electron chi connectivity index (χ1n) is 10.6. The molecule has 1 unspecified atom stereocenters. The van der Waals surface area contributed by atoms with Gasteiger partial charge >= 0.3 is 6.18 Å². The Morgan fingerprint density at radius 1 is 1.22 bits per heavy atom. The van der Waals surface area contributed by atoms with E-state index in [-0.39, 0.29) is 17.7 Å². The summed E-state index contributed by atoms with van der Waals surface area (Å²) >= 11 is 5.31. The van der Waals surface area contributed by atoms with Gasteiger partial charge in [-0.1, -0.05) is 28.1 Å². The summed E-state index contributed by atoms with van der Waals surface area (Å²) in [5.41, 5.74) is 3.02. The zero-order valence-electron chi connectivity index (χ0n) is 17.7. The number of hydrogen-bond donors (Lipinski definition) is 1. The number of halogens is 4. The molecule has 1 N–H and O–H groups in total. The summed E-state index contributed by atoms with van der Waals surface area (Å²) in [7, 11) is 1.24. The molecule has 0 spiro atoms.